The molecule has 4 rings (SSSR count). The summed E-state index contributed by atoms with van der Waals surface area (Å²) in [5.74, 6) is -2.06. The van der Waals surface area contributed by atoms with E-state index in [0.717, 1.165) is 11.0 Å². The van der Waals surface area contributed by atoms with Crippen LogP contribution in [0.25, 0.3) is 0 Å². The summed E-state index contributed by atoms with van der Waals surface area (Å²) in [6.45, 7) is 3.92. The van der Waals surface area contributed by atoms with E-state index in [-0.39, 0.29) is 39.6 Å². The van der Waals surface area contributed by atoms with Crippen LogP contribution in [0.5, 0.6) is 0 Å². The van der Waals surface area contributed by atoms with E-state index in [9.17, 15) is 27.9 Å². The van der Waals surface area contributed by atoms with Crippen molar-refractivity contribution in [2.24, 2.45) is 17.4 Å². The fourth-order valence-corrected chi connectivity index (χ4v) is 5.99. The van der Waals surface area contributed by atoms with E-state index in [1.807, 2.05) is 13.8 Å². The number of nitrogens with zero attached hydrogens (tertiary/aromatic N) is 1. The van der Waals surface area contributed by atoms with Crippen molar-refractivity contribution in [3.8, 4) is 0 Å². The predicted molar refractivity (Wildman–Crippen MR) is 138 cm³/mol. The monoisotopic (exact) mass is 579 g/mol. The van der Waals surface area contributed by atoms with Crippen LogP contribution < -0.4 is 16.4 Å². The lowest BCUT2D eigenvalue weighted by molar-refractivity contribution is -0.142. The molecular weight excluding hydrogens is 554 g/mol. The summed E-state index contributed by atoms with van der Waals surface area (Å²) in [7, 11) is 0. The first kappa shape index (κ1) is 29.5. The Kier molecular flexibility index (Phi) is 7.92. The first-order valence-electron chi connectivity index (χ1n) is 11.5. The zero-order valence-electron chi connectivity index (χ0n) is 20.0. The number of halogens is 6. The molecule has 1 heterocycles. The second-order valence-electron chi connectivity index (χ2n) is 9.55. The minimum Gasteiger partial charge on any atom is -0.372 e. The third-order valence-corrected chi connectivity index (χ3v) is 8.33. The second kappa shape index (κ2) is 9.93. The molecule has 1 saturated carbocycles. The Bertz CT molecular complexity index is 1250. The highest BCUT2D eigenvalue weighted by molar-refractivity contribution is 6.35. The molecule has 1 atom stereocenters. The average Bonchev–Trinajstić information content (AvgIpc) is 2.99. The molecule has 0 aromatic heterocycles. The third-order valence-electron chi connectivity index (χ3n) is 7.79. The molecule has 0 radical (unpaired) electrons. The third kappa shape index (κ3) is 4.59. The van der Waals surface area contributed by atoms with Crippen LogP contribution in [0.1, 0.15) is 66.6 Å². The first-order chi connectivity index (χ1) is 16.7. The van der Waals surface area contributed by atoms with Gasteiger partial charge in [0.2, 0.25) is 5.91 Å². The van der Waals surface area contributed by atoms with Crippen LogP contribution in [-0.4, -0.2) is 28.5 Å². The predicted octanol–water partition coefficient (Wildman–Crippen LogP) is 5.41. The van der Waals surface area contributed by atoms with Gasteiger partial charge in [0.05, 0.1) is 11.3 Å². The number of rotatable bonds is 6. The van der Waals surface area contributed by atoms with Crippen molar-refractivity contribution in [2.45, 2.75) is 62.9 Å². The minimum absolute atomic E-state index is 0. The maximum absolute atomic E-state index is 14.3. The molecule has 5 N–H and O–H groups in total. The van der Waals surface area contributed by atoms with Crippen LogP contribution in [0.2, 0.25) is 10.0 Å². The van der Waals surface area contributed by atoms with Crippen molar-refractivity contribution in [1.29, 1.82) is 0 Å². The molecule has 1 unspecified atom stereocenters. The SMILES string of the molecule is CCC(N)(CC)C1CC(N2C(=O)C(O)(c3ccc(Cl)cc3Cl)c3c2cc(C(N)=O)cc3C(F)(F)F)C1.Cl. The summed E-state index contributed by atoms with van der Waals surface area (Å²) < 4.78 is 42.9. The molecule has 0 saturated heterocycles. The van der Waals surface area contributed by atoms with Crippen LogP contribution in [0.15, 0.2) is 30.3 Å². The van der Waals surface area contributed by atoms with Gasteiger partial charge < -0.3 is 21.5 Å². The number of alkyl halides is 3. The summed E-state index contributed by atoms with van der Waals surface area (Å²) >= 11 is 12.2. The molecule has 1 fully saturated rings. The number of amides is 2. The number of anilines is 1. The summed E-state index contributed by atoms with van der Waals surface area (Å²) in [6, 6.07) is 4.92. The molecule has 1 aliphatic carbocycles. The van der Waals surface area contributed by atoms with E-state index in [1.54, 1.807) is 0 Å². The number of nitrogens with two attached hydrogens (primary N) is 2. The van der Waals surface area contributed by atoms with Gasteiger partial charge in [0.25, 0.3) is 5.91 Å². The van der Waals surface area contributed by atoms with Crippen molar-refractivity contribution in [3.63, 3.8) is 0 Å². The molecular formula is C25H27Cl3F3N3O3. The van der Waals surface area contributed by atoms with E-state index in [0.29, 0.717) is 31.7 Å². The lowest BCUT2D eigenvalue weighted by Crippen LogP contribution is -2.58. The van der Waals surface area contributed by atoms with Gasteiger partial charge in [-0.15, -0.1) is 12.4 Å². The van der Waals surface area contributed by atoms with Crippen molar-refractivity contribution < 1.29 is 27.9 Å². The average molecular weight is 581 g/mol. The van der Waals surface area contributed by atoms with E-state index < -0.39 is 51.9 Å². The van der Waals surface area contributed by atoms with E-state index in [4.69, 9.17) is 34.7 Å². The maximum atomic E-state index is 14.3. The summed E-state index contributed by atoms with van der Waals surface area (Å²) in [5, 5.41) is 11.8. The molecule has 37 heavy (non-hydrogen) atoms. The highest BCUT2D eigenvalue weighted by Gasteiger charge is 2.59. The molecule has 2 aromatic rings. The fraction of sp³-hybridized carbons (Fsp3) is 0.440. The van der Waals surface area contributed by atoms with Gasteiger partial charge in [0.1, 0.15) is 0 Å². The standard InChI is InChI=1S/C25H26Cl2F3N3O3.ClH/c1-3-23(32,4-2)13-9-15(10-13)33-19-8-12(21(31)34)7-17(25(28,29)30)20(19)24(36,22(33)35)16-6-5-14(26)11-18(16)27;/h5-8,11,13,15,36H,3-4,9-10,32H2,1-2H3,(H2,31,34);1H. The quantitative estimate of drug-likeness (QED) is 0.424. The van der Waals surface area contributed by atoms with Crippen molar-refractivity contribution in [2.75, 3.05) is 4.90 Å². The molecule has 2 aromatic carbocycles. The Morgan fingerprint density at radius 2 is 1.76 bits per heavy atom. The van der Waals surface area contributed by atoms with E-state index in [2.05, 4.69) is 0 Å². The number of primary amides is 1. The molecule has 202 valence electrons. The number of carbonyl (C=O) groups is 2. The van der Waals surface area contributed by atoms with Crippen LogP contribution >= 0.6 is 35.6 Å². The van der Waals surface area contributed by atoms with Gasteiger partial charge in [-0.25, -0.2) is 0 Å². The lowest BCUT2D eigenvalue weighted by Gasteiger charge is -2.49. The molecule has 2 amide bonds. The fourth-order valence-electron chi connectivity index (χ4n) is 5.44. The molecule has 0 spiro atoms. The minimum atomic E-state index is -5.02. The van der Waals surface area contributed by atoms with Gasteiger partial charge in [-0.05, 0) is 55.9 Å². The highest BCUT2D eigenvalue weighted by atomic mass is 35.5. The first-order valence-corrected chi connectivity index (χ1v) is 12.3. The van der Waals surface area contributed by atoms with Crippen LogP contribution in [0.4, 0.5) is 18.9 Å². The molecule has 0 bridgehead atoms. The van der Waals surface area contributed by atoms with Gasteiger partial charge in [-0.1, -0.05) is 43.1 Å². The number of carbonyl (C=O) groups excluding carboxylic acids is 2. The number of hydrogen-bond acceptors (Lipinski definition) is 4. The zero-order chi connectivity index (χ0) is 26.8. The Balaban J connectivity index is 0.00000380. The highest BCUT2D eigenvalue weighted by Crippen LogP contribution is 2.55. The van der Waals surface area contributed by atoms with Crippen molar-refractivity contribution in [1.82, 2.24) is 0 Å². The smallest absolute Gasteiger partial charge is 0.372 e. The normalized spacial score (nSPS) is 23.4. The lowest BCUT2D eigenvalue weighted by atomic mass is 9.65. The van der Waals surface area contributed by atoms with E-state index in [1.165, 1.54) is 18.2 Å². The Labute approximate surface area is 228 Å². The van der Waals surface area contributed by atoms with Crippen LogP contribution in [0, 0.1) is 5.92 Å². The number of hydrogen-bond donors (Lipinski definition) is 3. The maximum Gasteiger partial charge on any atom is 0.416 e. The Morgan fingerprint density at radius 3 is 2.24 bits per heavy atom. The topological polar surface area (TPSA) is 110 Å². The van der Waals surface area contributed by atoms with Crippen molar-refractivity contribution in [3.05, 3.63) is 62.6 Å². The van der Waals surface area contributed by atoms with Crippen LogP contribution in [-0.2, 0) is 16.6 Å². The zero-order valence-corrected chi connectivity index (χ0v) is 22.4. The van der Waals surface area contributed by atoms with E-state index >= 15 is 0 Å². The van der Waals surface area contributed by atoms with Gasteiger partial charge in [-0.3, -0.25) is 9.59 Å². The summed E-state index contributed by atoms with van der Waals surface area (Å²) in [5.41, 5.74) is 5.67. The van der Waals surface area contributed by atoms with Gasteiger partial charge in [-0.2, -0.15) is 13.2 Å². The molecule has 1 aliphatic heterocycles. The molecule has 6 nitrogen and oxygen atoms in total. The number of aliphatic hydroxyl groups is 1. The molecule has 12 heteroatoms. The molecule has 2 aliphatic rings. The summed E-state index contributed by atoms with van der Waals surface area (Å²) in [4.78, 5) is 27.0. The second-order valence-corrected chi connectivity index (χ2v) is 10.4. The van der Waals surface area contributed by atoms with Gasteiger partial charge >= 0.3 is 6.18 Å². The van der Waals surface area contributed by atoms with Gasteiger partial charge in [0.15, 0.2) is 5.60 Å². The number of benzene rings is 2. The Hall–Kier alpha value is -2.04. The summed E-state index contributed by atoms with van der Waals surface area (Å²) in [6.07, 6.45) is -2.77. The van der Waals surface area contributed by atoms with Crippen molar-refractivity contribution >= 4 is 53.1 Å². The number of fused-ring (bicyclic) bond motifs is 1. The Morgan fingerprint density at radius 1 is 1.16 bits per heavy atom. The largest absolute Gasteiger partial charge is 0.416 e. The van der Waals surface area contributed by atoms with Crippen LogP contribution in [0.3, 0.4) is 0 Å². The van der Waals surface area contributed by atoms with Gasteiger partial charge in [0, 0.05) is 38.3 Å².